The molecular formula is C8H9O3. The van der Waals surface area contributed by atoms with E-state index in [1.54, 1.807) is 0 Å². The van der Waals surface area contributed by atoms with Gasteiger partial charge in [0.25, 0.3) is 0 Å². The summed E-state index contributed by atoms with van der Waals surface area (Å²) in [5, 5.41) is 10.2. The van der Waals surface area contributed by atoms with Gasteiger partial charge in [-0.1, -0.05) is 12.2 Å². The molecule has 1 atom stereocenters. The highest BCUT2D eigenvalue weighted by atomic mass is 16.4. The Hall–Kier alpha value is -1.38. The Bertz CT molecular complexity index is 194. The Morgan fingerprint density at radius 3 is 2.18 bits per heavy atom. The Morgan fingerprint density at radius 1 is 1.36 bits per heavy atom. The van der Waals surface area contributed by atoms with Crippen LogP contribution in [0.2, 0.25) is 0 Å². The molecule has 0 rings (SSSR count). The van der Waals surface area contributed by atoms with Crippen LogP contribution in [-0.4, -0.2) is 11.8 Å². The Morgan fingerprint density at radius 2 is 1.91 bits per heavy atom. The van der Waals surface area contributed by atoms with Crippen molar-refractivity contribution in [2.24, 2.45) is 5.92 Å². The van der Waals surface area contributed by atoms with E-state index in [-0.39, 0.29) is 6.42 Å². The van der Waals surface area contributed by atoms with Crippen LogP contribution < -0.4 is 0 Å². The number of ketones is 1. The number of Topliss-reactive ketones (excluding diaryl/α,β-unsaturated/α-hetero) is 1. The Balaban J connectivity index is 4.25. The van der Waals surface area contributed by atoms with Crippen LogP contribution in [0.1, 0.15) is 6.42 Å². The maximum Gasteiger partial charge on any atom is 0.369 e. The number of allylic oxidation sites excluding steroid dienone is 1. The first kappa shape index (κ1) is 9.62. The number of carbonyl (C=O) groups excluding carboxylic acids is 2. The largest absolute Gasteiger partial charge is 0.369 e. The molecule has 11 heavy (non-hydrogen) atoms. The molecule has 0 amide bonds. The van der Waals surface area contributed by atoms with Gasteiger partial charge < -0.3 is 0 Å². The number of hydrogen-bond acceptors (Lipinski definition) is 2. The maximum absolute atomic E-state index is 10.9. The van der Waals surface area contributed by atoms with E-state index in [2.05, 4.69) is 13.2 Å². The van der Waals surface area contributed by atoms with E-state index in [1.807, 2.05) is 0 Å². The van der Waals surface area contributed by atoms with E-state index in [9.17, 15) is 14.7 Å². The molecule has 0 aliphatic heterocycles. The second-order valence-corrected chi connectivity index (χ2v) is 1.99. The van der Waals surface area contributed by atoms with Gasteiger partial charge in [0, 0.05) is 6.42 Å². The lowest BCUT2D eigenvalue weighted by Gasteiger charge is -2.00. The normalized spacial score (nSPS) is 11.6. The fraction of sp³-hybridized carbons (Fsp3) is 0.250. The molecule has 0 spiro atoms. The van der Waals surface area contributed by atoms with Crippen molar-refractivity contribution in [3.8, 4) is 0 Å². The van der Waals surface area contributed by atoms with E-state index in [1.165, 1.54) is 6.08 Å². The highest BCUT2D eigenvalue weighted by Gasteiger charge is 2.22. The van der Waals surface area contributed by atoms with Crippen molar-refractivity contribution in [1.82, 2.24) is 0 Å². The summed E-state index contributed by atoms with van der Waals surface area (Å²) in [4.78, 5) is 21.1. The van der Waals surface area contributed by atoms with Gasteiger partial charge >= 0.3 is 5.97 Å². The summed E-state index contributed by atoms with van der Waals surface area (Å²) in [5.41, 5.74) is 0. The monoisotopic (exact) mass is 153 g/mol. The minimum Gasteiger partial charge on any atom is -0.298 e. The lowest BCUT2D eigenvalue weighted by Crippen LogP contribution is -2.19. The molecule has 0 aliphatic carbocycles. The number of rotatable bonds is 5. The van der Waals surface area contributed by atoms with E-state index < -0.39 is 17.7 Å². The summed E-state index contributed by atoms with van der Waals surface area (Å²) in [6.45, 7) is 6.52. The fourth-order valence-corrected chi connectivity index (χ4v) is 0.628. The van der Waals surface area contributed by atoms with Crippen LogP contribution in [0.25, 0.3) is 0 Å². The van der Waals surface area contributed by atoms with Crippen LogP contribution in [0.4, 0.5) is 0 Å². The minimum atomic E-state index is -1.41. The van der Waals surface area contributed by atoms with Crippen molar-refractivity contribution < 1.29 is 14.7 Å². The van der Waals surface area contributed by atoms with Crippen LogP contribution in [0.5, 0.6) is 0 Å². The second-order valence-electron chi connectivity index (χ2n) is 1.99. The molecule has 0 fully saturated rings. The summed E-state index contributed by atoms with van der Waals surface area (Å²) in [7, 11) is 0. The van der Waals surface area contributed by atoms with Gasteiger partial charge in [-0.3, -0.25) is 4.79 Å². The second kappa shape index (κ2) is 4.44. The SMILES string of the molecule is C=CCC(=O)C(C=C)C([O])=O. The number of carbonyl (C=O) groups is 2. The van der Waals surface area contributed by atoms with Gasteiger partial charge in [-0.25, -0.2) is 9.90 Å². The maximum atomic E-state index is 10.9. The molecule has 0 bridgehead atoms. The molecule has 0 heterocycles. The lowest BCUT2D eigenvalue weighted by atomic mass is 10.0. The molecule has 0 N–H and O–H groups in total. The first-order valence-electron chi connectivity index (χ1n) is 3.10. The predicted octanol–water partition coefficient (Wildman–Crippen LogP) is 0.891. The molecular weight excluding hydrogens is 144 g/mol. The van der Waals surface area contributed by atoms with E-state index in [0.29, 0.717) is 0 Å². The molecule has 1 radical (unpaired) electrons. The van der Waals surface area contributed by atoms with E-state index >= 15 is 0 Å². The van der Waals surface area contributed by atoms with Crippen molar-refractivity contribution in [2.75, 3.05) is 0 Å². The third kappa shape index (κ3) is 2.80. The Kier molecular flexibility index (Phi) is 3.88. The van der Waals surface area contributed by atoms with Crippen LogP contribution in [0.3, 0.4) is 0 Å². The predicted molar refractivity (Wildman–Crippen MR) is 39.2 cm³/mol. The zero-order valence-corrected chi connectivity index (χ0v) is 6.08. The van der Waals surface area contributed by atoms with Gasteiger partial charge in [0.05, 0.1) is 0 Å². The smallest absolute Gasteiger partial charge is 0.298 e. The Labute approximate surface area is 65.0 Å². The van der Waals surface area contributed by atoms with Crippen LogP contribution in [-0.2, 0) is 14.7 Å². The zero-order chi connectivity index (χ0) is 8.85. The standard InChI is InChI=1S/C8H9O3/c1-3-5-7(9)6(4-2)8(10)11/h3-4,6H,1-2,5H2. The zero-order valence-electron chi connectivity index (χ0n) is 6.08. The van der Waals surface area contributed by atoms with Crippen molar-refractivity contribution in [3.63, 3.8) is 0 Å². The van der Waals surface area contributed by atoms with Gasteiger partial charge in [-0.15, -0.1) is 13.2 Å². The highest BCUT2D eigenvalue weighted by Crippen LogP contribution is 2.03. The number of hydrogen-bond donors (Lipinski definition) is 0. The average Bonchev–Trinajstić information content (AvgIpc) is 1.88. The van der Waals surface area contributed by atoms with Gasteiger partial charge in [0.1, 0.15) is 5.92 Å². The molecule has 0 aromatic rings. The average molecular weight is 153 g/mol. The summed E-state index contributed by atoms with van der Waals surface area (Å²) in [6, 6.07) is 0. The van der Waals surface area contributed by atoms with Crippen molar-refractivity contribution in [2.45, 2.75) is 6.42 Å². The molecule has 1 unspecified atom stereocenters. The van der Waals surface area contributed by atoms with E-state index in [4.69, 9.17) is 0 Å². The van der Waals surface area contributed by atoms with Gasteiger partial charge in [0.15, 0.2) is 5.78 Å². The third-order valence-electron chi connectivity index (χ3n) is 1.18. The van der Waals surface area contributed by atoms with Gasteiger partial charge in [-0.2, -0.15) is 0 Å². The first-order chi connectivity index (χ1) is 5.13. The first-order valence-corrected chi connectivity index (χ1v) is 3.10. The molecule has 0 aliphatic rings. The van der Waals surface area contributed by atoms with E-state index in [0.717, 1.165) is 6.08 Å². The quantitative estimate of drug-likeness (QED) is 0.435. The molecule has 0 saturated heterocycles. The molecule has 59 valence electrons. The van der Waals surface area contributed by atoms with Crippen LogP contribution in [0.15, 0.2) is 25.3 Å². The molecule has 0 saturated carbocycles. The molecule has 3 nitrogen and oxygen atoms in total. The third-order valence-corrected chi connectivity index (χ3v) is 1.18. The van der Waals surface area contributed by atoms with Crippen LogP contribution in [0, 0.1) is 5.92 Å². The summed E-state index contributed by atoms with van der Waals surface area (Å²) in [5.74, 6) is -3.06. The highest BCUT2D eigenvalue weighted by molar-refractivity contribution is 6.00. The van der Waals surface area contributed by atoms with Crippen molar-refractivity contribution in [1.29, 1.82) is 0 Å². The lowest BCUT2D eigenvalue weighted by molar-refractivity contribution is -0.149. The van der Waals surface area contributed by atoms with Crippen molar-refractivity contribution >= 4 is 11.8 Å². The summed E-state index contributed by atoms with van der Waals surface area (Å²) >= 11 is 0. The minimum absolute atomic E-state index is 0.0324. The topological polar surface area (TPSA) is 54.0 Å². The fourth-order valence-electron chi connectivity index (χ4n) is 0.628. The summed E-state index contributed by atoms with van der Waals surface area (Å²) in [6.07, 6.45) is 2.44. The van der Waals surface area contributed by atoms with Crippen molar-refractivity contribution in [3.05, 3.63) is 25.3 Å². The molecule has 0 aromatic carbocycles. The molecule has 3 heteroatoms. The summed E-state index contributed by atoms with van der Waals surface area (Å²) < 4.78 is 0. The van der Waals surface area contributed by atoms with Gasteiger partial charge in [-0.05, 0) is 0 Å². The van der Waals surface area contributed by atoms with Crippen LogP contribution >= 0.6 is 0 Å². The molecule has 0 aromatic heterocycles. The van der Waals surface area contributed by atoms with Gasteiger partial charge in [0.2, 0.25) is 0 Å².